The number of nitrogens with two attached hydrogens (primary N) is 1. The SMILES string of the molecule is NNC(=S)NCCCC(=O)O. The average Bonchev–Trinajstić information content (AvgIpc) is 1.97. The predicted octanol–water partition coefficient (Wildman–Crippen LogP) is -0.811. The van der Waals surface area contributed by atoms with Gasteiger partial charge in [0.05, 0.1) is 0 Å². The van der Waals surface area contributed by atoms with Crippen LogP contribution in [0.4, 0.5) is 0 Å². The third-order valence-corrected chi connectivity index (χ3v) is 1.25. The third kappa shape index (κ3) is 7.01. The summed E-state index contributed by atoms with van der Waals surface area (Å²) in [6.45, 7) is 0.523. The molecule has 0 fully saturated rings. The molecule has 0 heterocycles. The Bertz CT molecular complexity index is 151. The first-order valence-corrected chi connectivity index (χ1v) is 3.54. The van der Waals surface area contributed by atoms with Gasteiger partial charge in [0, 0.05) is 13.0 Å². The maximum Gasteiger partial charge on any atom is 0.303 e. The van der Waals surface area contributed by atoms with Crippen LogP contribution >= 0.6 is 12.2 Å². The van der Waals surface area contributed by atoms with Gasteiger partial charge in [-0.05, 0) is 18.6 Å². The van der Waals surface area contributed by atoms with Crippen molar-refractivity contribution in [3.63, 3.8) is 0 Å². The number of hydrogen-bond donors (Lipinski definition) is 4. The van der Waals surface area contributed by atoms with E-state index in [1.165, 1.54) is 0 Å². The van der Waals surface area contributed by atoms with E-state index in [2.05, 4.69) is 23.0 Å². The molecule has 0 aliphatic heterocycles. The van der Waals surface area contributed by atoms with Crippen LogP contribution in [0.1, 0.15) is 12.8 Å². The third-order valence-electron chi connectivity index (χ3n) is 0.984. The second-order valence-corrected chi connectivity index (χ2v) is 2.31. The molecule has 0 aromatic carbocycles. The zero-order chi connectivity index (χ0) is 8.69. The molecular weight excluding hydrogens is 166 g/mol. The fourth-order valence-corrected chi connectivity index (χ4v) is 0.595. The Morgan fingerprint density at radius 3 is 2.73 bits per heavy atom. The molecule has 0 saturated heterocycles. The van der Waals surface area contributed by atoms with Crippen LogP contribution in [0.5, 0.6) is 0 Å². The number of carboxylic acid groups (broad SMARTS) is 1. The number of nitrogens with one attached hydrogen (secondary N) is 2. The maximum atomic E-state index is 10.0. The van der Waals surface area contributed by atoms with Gasteiger partial charge in [-0.1, -0.05) is 0 Å². The Morgan fingerprint density at radius 1 is 1.64 bits per heavy atom. The van der Waals surface area contributed by atoms with E-state index in [1.807, 2.05) is 0 Å². The topological polar surface area (TPSA) is 87.4 Å². The highest BCUT2D eigenvalue weighted by Gasteiger charge is 1.95. The molecule has 0 aliphatic rings. The Kier molecular flexibility index (Phi) is 5.40. The first-order valence-electron chi connectivity index (χ1n) is 3.13. The van der Waals surface area contributed by atoms with Crippen molar-refractivity contribution in [3.8, 4) is 0 Å². The minimum atomic E-state index is -0.807. The van der Waals surface area contributed by atoms with Crippen molar-refractivity contribution < 1.29 is 9.90 Å². The Hall–Kier alpha value is -0.880. The Morgan fingerprint density at radius 2 is 2.27 bits per heavy atom. The summed E-state index contributed by atoms with van der Waals surface area (Å²) in [5, 5.41) is 11.3. The van der Waals surface area contributed by atoms with E-state index in [-0.39, 0.29) is 6.42 Å². The molecular formula is C5H11N3O2S. The lowest BCUT2D eigenvalue weighted by molar-refractivity contribution is -0.137. The van der Waals surface area contributed by atoms with Gasteiger partial charge < -0.3 is 15.8 Å². The van der Waals surface area contributed by atoms with Gasteiger partial charge in [0.25, 0.3) is 0 Å². The second-order valence-electron chi connectivity index (χ2n) is 1.90. The largest absolute Gasteiger partial charge is 0.481 e. The first kappa shape index (κ1) is 10.1. The van der Waals surface area contributed by atoms with Crippen molar-refractivity contribution in [2.45, 2.75) is 12.8 Å². The molecule has 0 saturated carbocycles. The molecule has 0 unspecified atom stereocenters. The predicted molar refractivity (Wildman–Crippen MR) is 44.8 cm³/mol. The normalized spacial score (nSPS) is 8.82. The molecule has 11 heavy (non-hydrogen) atoms. The maximum absolute atomic E-state index is 10.0. The number of hydrogen-bond acceptors (Lipinski definition) is 3. The van der Waals surface area contributed by atoms with Crippen LogP contribution in [-0.2, 0) is 4.79 Å². The summed E-state index contributed by atoms with van der Waals surface area (Å²) in [4.78, 5) is 10.0. The van der Waals surface area contributed by atoms with Crippen LogP contribution in [0.2, 0.25) is 0 Å². The molecule has 0 amide bonds. The number of carboxylic acids is 1. The van der Waals surface area contributed by atoms with Crippen LogP contribution in [0.15, 0.2) is 0 Å². The molecule has 0 atom stereocenters. The van der Waals surface area contributed by atoms with Crippen molar-refractivity contribution in [2.75, 3.05) is 6.54 Å². The highest BCUT2D eigenvalue weighted by Crippen LogP contribution is 1.85. The zero-order valence-corrected chi connectivity index (χ0v) is 6.78. The molecule has 0 aromatic rings. The van der Waals surface area contributed by atoms with Crippen LogP contribution in [-0.4, -0.2) is 22.7 Å². The average molecular weight is 177 g/mol. The lowest BCUT2D eigenvalue weighted by Gasteiger charge is -2.04. The minimum Gasteiger partial charge on any atom is -0.481 e. The molecule has 0 aliphatic carbocycles. The van der Waals surface area contributed by atoms with Gasteiger partial charge in [0.1, 0.15) is 0 Å². The number of rotatable bonds is 4. The summed E-state index contributed by atoms with van der Waals surface area (Å²) in [5.74, 6) is 4.14. The molecule has 6 heteroatoms. The Balaban J connectivity index is 3.14. The summed E-state index contributed by atoms with van der Waals surface area (Å²) >= 11 is 4.64. The molecule has 64 valence electrons. The van der Waals surface area contributed by atoms with E-state index in [1.54, 1.807) is 0 Å². The summed E-state index contributed by atoms with van der Waals surface area (Å²) < 4.78 is 0. The highest BCUT2D eigenvalue weighted by atomic mass is 32.1. The molecule has 0 rings (SSSR count). The van der Waals surface area contributed by atoms with Crippen LogP contribution in [0.3, 0.4) is 0 Å². The lowest BCUT2D eigenvalue weighted by Crippen LogP contribution is -2.40. The van der Waals surface area contributed by atoms with Gasteiger partial charge in [0.15, 0.2) is 5.11 Å². The van der Waals surface area contributed by atoms with Gasteiger partial charge in [-0.2, -0.15) is 0 Å². The summed E-state index contributed by atoms with van der Waals surface area (Å²) in [6.07, 6.45) is 0.678. The molecule has 5 N–H and O–H groups in total. The number of thiocarbonyl (C=S) groups is 1. The van der Waals surface area contributed by atoms with Crippen molar-refractivity contribution in [1.29, 1.82) is 0 Å². The van der Waals surface area contributed by atoms with E-state index in [0.29, 0.717) is 18.1 Å². The minimum absolute atomic E-state index is 0.139. The zero-order valence-electron chi connectivity index (χ0n) is 5.96. The molecule has 0 radical (unpaired) electrons. The van der Waals surface area contributed by atoms with Crippen molar-refractivity contribution in [3.05, 3.63) is 0 Å². The van der Waals surface area contributed by atoms with Crippen LogP contribution < -0.4 is 16.6 Å². The van der Waals surface area contributed by atoms with E-state index < -0.39 is 5.97 Å². The fourth-order valence-electron chi connectivity index (χ4n) is 0.493. The van der Waals surface area contributed by atoms with Crippen molar-refractivity contribution in [1.82, 2.24) is 10.7 Å². The molecule has 0 bridgehead atoms. The fraction of sp³-hybridized carbons (Fsp3) is 0.600. The first-order chi connectivity index (χ1) is 5.16. The summed E-state index contributed by atoms with van der Waals surface area (Å²) in [5.41, 5.74) is 2.23. The highest BCUT2D eigenvalue weighted by molar-refractivity contribution is 7.80. The quantitative estimate of drug-likeness (QED) is 0.194. The standard InChI is InChI=1S/C5H11N3O2S/c6-8-5(11)7-3-1-2-4(9)10/h1-3,6H2,(H,9,10)(H2,7,8,11). The summed E-state index contributed by atoms with van der Waals surface area (Å²) in [7, 11) is 0. The van der Waals surface area contributed by atoms with Gasteiger partial charge in [-0.25, -0.2) is 5.84 Å². The molecule has 0 aromatic heterocycles. The lowest BCUT2D eigenvalue weighted by atomic mass is 10.3. The summed E-state index contributed by atoms with van der Waals surface area (Å²) in [6, 6.07) is 0. The van der Waals surface area contributed by atoms with Gasteiger partial charge >= 0.3 is 5.97 Å². The van der Waals surface area contributed by atoms with E-state index in [4.69, 9.17) is 10.9 Å². The van der Waals surface area contributed by atoms with Gasteiger partial charge in [0.2, 0.25) is 0 Å². The monoisotopic (exact) mass is 177 g/mol. The number of aliphatic carboxylic acids is 1. The Labute approximate surface area is 69.9 Å². The second kappa shape index (κ2) is 5.87. The van der Waals surface area contributed by atoms with E-state index >= 15 is 0 Å². The van der Waals surface area contributed by atoms with Gasteiger partial charge in [-0.15, -0.1) is 0 Å². The van der Waals surface area contributed by atoms with E-state index in [9.17, 15) is 4.79 Å². The van der Waals surface area contributed by atoms with Crippen LogP contribution in [0, 0.1) is 0 Å². The smallest absolute Gasteiger partial charge is 0.303 e. The molecule has 5 nitrogen and oxygen atoms in total. The number of hydrazine groups is 1. The number of carbonyl (C=O) groups is 1. The van der Waals surface area contributed by atoms with Crippen molar-refractivity contribution >= 4 is 23.3 Å². The van der Waals surface area contributed by atoms with Gasteiger partial charge in [-0.3, -0.25) is 4.79 Å². The van der Waals surface area contributed by atoms with Crippen LogP contribution in [0.25, 0.3) is 0 Å². The van der Waals surface area contributed by atoms with Crippen molar-refractivity contribution in [2.24, 2.45) is 5.84 Å². The van der Waals surface area contributed by atoms with E-state index in [0.717, 1.165) is 0 Å². The molecule has 0 spiro atoms.